The zero-order valence-electron chi connectivity index (χ0n) is 18.9. The quantitative estimate of drug-likeness (QED) is 0.312. The molecule has 0 aliphatic heterocycles. The summed E-state index contributed by atoms with van der Waals surface area (Å²) in [6.07, 6.45) is 11.9. The molecule has 0 radical (unpaired) electrons. The standard InChI is InChI=1S/C24H38N4O2S/c1-17-8-10-19(11-9-17)28-23-15-14-21(31(26,30)20-12-13-20)16-18(23)6-4-3-5-7-22(25)24(29)27-2/h7,14-17,19-20,26,28H,3-6,8-13,25H2,1-2H3,(H,27,29)/b22-7-. The zero-order chi connectivity index (χ0) is 22.4. The second kappa shape index (κ2) is 10.5. The summed E-state index contributed by atoms with van der Waals surface area (Å²) >= 11 is 0. The van der Waals surface area contributed by atoms with Gasteiger partial charge in [0.05, 0.1) is 15.4 Å². The fourth-order valence-corrected chi connectivity index (χ4v) is 6.05. The maximum absolute atomic E-state index is 13.0. The summed E-state index contributed by atoms with van der Waals surface area (Å²) in [5.41, 5.74) is 8.28. The van der Waals surface area contributed by atoms with Crippen LogP contribution in [0.2, 0.25) is 0 Å². The molecule has 1 atom stereocenters. The molecule has 0 saturated heterocycles. The second-order valence-corrected chi connectivity index (χ2v) is 11.5. The van der Waals surface area contributed by atoms with Crippen molar-refractivity contribution in [1.29, 1.82) is 4.78 Å². The van der Waals surface area contributed by atoms with Crippen molar-refractivity contribution in [3.05, 3.63) is 35.5 Å². The number of unbranched alkanes of at least 4 members (excludes halogenated alkanes) is 2. The highest BCUT2D eigenvalue weighted by molar-refractivity contribution is 7.93. The number of carbonyl (C=O) groups is 1. The summed E-state index contributed by atoms with van der Waals surface area (Å²) in [6.45, 7) is 2.32. The van der Waals surface area contributed by atoms with Crippen LogP contribution >= 0.6 is 0 Å². The monoisotopic (exact) mass is 446 g/mol. The molecule has 0 bridgehead atoms. The molecular weight excluding hydrogens is 408 g/mol. The fourth-order valence-electron chi connectivity index (χ4n) is 4.28. The number of rotatable bonds is 10. The molecule has 1 amide bonds. The molecule has 1 aromatic carbocycles. The molecule has 2 saturated carbocycles. The van der Waals surface area contributed by atoms with Crippen molar-refractivity contribution in [2.24, 2.45) is 11.7 Å². The lowest BCUT2D eigenvalue weighted by Crippen LogP contribution is -2.25. The summed E-state index contributed by atoms with van der Waals surface area (Å²) in [7, 11) is -1.13. The smallest absolute Gasteiger partial charge is 0.266 e. The number of nitrogens with one attached hydrogen (secondary N) is 3. The Kier molecular flexibility index (Phi) is 8.03. The van der Waals surface area contributed by atoms with Crippen LogP contribution in [0.15, 0.2) is 34.9 Å². The third-order valence-corrected chi connectivity index (χ3v) is 8.91. The average molecular weight is 447 g/mol. The summed E-state index contributed by atoms with van der Waals surface area (Å²) < 4.78 is 21.4. The third kappa shape index (κ3) is 6.48. The van der Waals surface area contributed by atoms with E-state index in [0.29, 0.717) is 10.9 Å². The van der Waals surface area contributed by atoms with Gasteiger partial charge in [0.2, 0.25) is 0 Å². The van der Waals surface area contributed by atoms with Crippen LogP contribution in [0.1, 0.15) is 70.3 Å². The molecule has 0 aromatic heterocycles. The topological polar surface area (TPSA) is 108 Å². The number of aryl methyl sites for hydroxylation is 1. The first-order chi connectivity index (χ1) is 14.8. The average Bonchev–Trinajstić information content (AvgIpc) is 3.61. The molecule has 5 N–H and O–H groups in total. The molecule has 2 fully saturated rings. The van der Waals surface area contributed by atoms with Gasteiger partial charge in [0.1, 0.15) is 0 Å². The number of amides is 1. The van der Waals surface area contributed by atoms with E-state index in [9.17, 15) is 9.00 Å². The van der Waals surface area contributed by atoms with Gasteiger partial charge in [-0.25, -0.2) is 8.99 Å². The van der Waals surface area contributed by atoms with Crippen molar-refractivity contribution >= 4 is 21.3 Å². The maximum atomic E-state index is 13.0. The molecule has 1 unspecified atom stereocenters. The first-order valence-corrected chi connectivity index (χ1v) is 13.3. The molecule has 2 aliphatic carbocycles. The minimum absolute atomic E-state index is 0.0248. The Morgan fingerprint density at radius 3 is 2.55 bits per heavy atom. The van der Waals surface area contributed by atoms with Gasteiger partial charge in [0.15, 0.2) is 0 Å². The van der Waals surface area contributed by atoms with Crippen LogP contribution in [0.4, 0.5) is 5.69 Å². The zero-order valence-corrected chi connectivity index (χ0v) is 19.7. The Hall–Kier alpha value is -2.02. The van der Waals surface area contributed by atoms with Gasteiger partial charge in [-0.2, -0.15) is 0 Å². The number of likely N-dealkylation sites (N-methyl/N-ethyl adjacent to an activating group) is 1. The summed E-state index contributed by atoms with van der Waals surface area (Å²) in [6, 6.07) is 6.44. The normalized spacial score (nSPS) is 23.7. The number of anilines is 1. The Morgan fingerprint density at radius 2 is 1.90 bits per heavy atom. The van der Waals surface area contributed by atoms with Gasteiger partial charge in [-0.1, -0.05) is 13.0 Å². The van der Waals surface area contributed by atoms with Crippen LogP contribution in [0, 0.1) is 10.7 Å². The van der Waals surface area contributed by atoms with Crippen LogP contribution in [-0.2, 0) is 20.9 Å². The molecule has 1 aromatic rings. The minimum atomic E-state index is -2.70. The number of carbonyl (C=O) groups excluding carboxylic acids is 1. The van der Waals surface area contributed by atoms with E-state index >= 15 is 0 Å². The van der Waals surface area contributed by atoms with E-state index in [1.54, 1.807) is 13.1 Å². The van der Waals surface area contributed by atoms with Crippen LogP contribution < -0.4 is 16.4 Å². The summed E-state index contributed by atoms with van der Waals surface area (Å²) in [4.78, 5) is 12.2. The van der Waals surface area contributed by atoms with Gasteiger partial charge in [0.25, 0.3) is 5.91 Å². The lowest BCUT2D eigenvalue weighted by molar-refractivity contribution is -0.117. The molecule has 0 heterocycles. The SMILES string of the molecule is CNC(=O)/C(N)=C/CCCCc1cc(S(=N)(=O)C2CC2)ccc1NC1CCC(C)CC1. The van der Waals surface area contributed by atoms with Gasteiger partial charge >= 0.3 is 0 Å². The van der Waals surface area contributed by atoms with Gasteiger partial charge in [-0.15, -0.1) is 0 Å². The lowest BCUT2D eigenvalue weighted by Gasteiger charge is -2.29. The molecule has 6 nitrogen and oxygen atoms in total. The predicted octanol–water partition coefficient (Wildman–Crippen LogP) is 4.55. The van der Waals surface area contributed by atoms with E-state index < -0.39 is 9.73 Å². The molecular formula is C24H38N4O2S. The van der Waals surface area contributed by atoms with Gasteiger partial charge in [-0.3, -0.25) is 4.79 Å². The minimum Gasteiger partial charge on any atom is -0.395 e. The number of allylic oxidation sites excluding steroid dienone is 1. The highest BCUT2D eigenvalue weighted by Gasteiger charge is 2.34. The highest BCUT2D eigenvalue weighted by Crippen LogP contribution is 2.36. The van der Waals surface area contributed by atoms with Gasteiger partial charge < -0.3 is 16.4 Å². The van der Waals surface area contributed by atoms with Crippen molar-refractivity contribution in [2.45, 2.75) is 87.3 Å². The Morgan fingerprint density at radius 1 is 1.19 bits per heavy atom. The van der Waals surface area contributed by atoms with E-state index in [2.05, 4.69) is 17.6 Å². The van der Waals surface area contributed by atoms with Crippen LogP contribution in [-0.4, -0.2) is 28.5 Å². The lowest BCUT2D eigenvalue weighted by atomic mass is 9.87. The van der Waals surface area contributed by atoms with Gasteiger partial charge in [-0.05, 0) is 93.9 Å². The van der Waals surface area contributed by atoms with Crippen molar-refractivity contribution in [3.63, 3.8) is 0 Å². The first-order valence-electron chi connectivity index (χ1n) is 11.7. The summed E-state index contributed by atoms with van der Waals surface area (Å²) in [5.74, 6) is 0.563. The number of nitrogens with two attached hydrogens (primary N) is 1. The summed E-state index contributed by atoms with van der Waals surface area (Å²) in [5, 5.41) is 6.29. The maximum Gasteiger partial charge on any atom is 0.266 e. The third-order valence-electron chi connectivity index (χ3n) is 6.55. The van der Waals surface area contributed by atoms with Crippen LogP contribution in [0.3, 0.4) is 0 Å². The Balaban J connectivity index is 1.67. The molecule has 0 spiro atoms. The van der Waals surface area contributed by atoms with Gasteiger partial charge in [0, 0.05) is 28.9 Å². The van der Waals surface area contributed by atoms with Crippen molar-refractivity contribution in [3.8, 4) is 0 Å². The van der Waals surface area contributed by atoms with Crippen molar-refractivity contribution in [1.82, 2.24) is 5.32 Å². The first kappa shape index (κ1) is 23.6. The van der Waals surface area contributed by atoms with E-state index in [4.69, 9.17) is 10.5 Å². The van der Waals surface area contributed by atoms with Crippen LogP contribution in [0.25, 0.3) is 0 Å². The Labute approximate surface area is 187 Å². The number of hydrogen-bond donors (Lipinski definition) is 4. The highest BCUT2D eigenvalue weighted by atomic mass is 32.2. The van der Waals surface area contributed by atoms with Crippen molar-refractivity contribution in [2.75, 3.05) is 12.4 Å². The fraction of sp³-hybridized carbons (Fsp3) is 0.625. The predicted molar refractivity (Wildman–Crippen MR) is 128 cm³/mol. The largest absolute Gasteiger partial charge is 0.395 e. The van der Waals surface area contributed by atoms with E-state index in [1.165, 1.54) is 25.7 Å². The number of hydrogen-bond acceptors (Lipinski definition) is 5. The Bertz CT molecular complexity index is 898. The van der Waals surface area contributed by atoms with E-state index in [0.717, 1.165) is 55.7 Å². The molecule has 172 valence electrons. The molecule has 3 rings (SSSR count). The molecule has 31 heavy (non-hydrogen) atoms. The van der Waals surface area contributed by atoms with Crippen LogP contribution in [0.5, 0.6) is 0 Å². The molecule has 2 aliphatic rings. The van der Waals surface area contributed by atoms with E-state index in [1.807, 2.05) is 18.2 Å². The molecule has 7 heteroatoms. The van der Waals surface area contributed by atoms with Crippen molar-refractivity contribution < 1.29 is 9.00 Å². The number of benzene rings is 1. The second-order valence-electron chi connectivity index (χ2n) is 9.20. The van der Waals surface area contributed by atoms with E-state index in [-0.39, 0.29) is 16.9 Å².